The Kier molecular flexibility index (Phi) is 7.80. The Morgan fingerprint density at radius 3 is 2.59 bits per heavy atom. The van der Waals surface area contributed by atoms with E-state index in [1.54, 1.807) is 23.2 Å². The Bertz CT molecular complexity index is 1820. The number of hydrogen-bond donors (Lipinski definition) is 0. The Morgan fingerprint density at radius 1 is 0.932 bits per heavy atom. The number of pyridine rings is 1. The fraction of sp³-hybridized carbons (Fsp3) is 0.273. The summed E-state index contributed by atoms with van der Waals surface area (Å²) in [5, 5.41) is 0. The minimum atomic E-state index is -0.590. The highest BCUT2D eigenvalue weighted by molar-refractivity contribution is 7.22. The van der Waals surface area contributed by atoms with Gasteiger partial charge < -0.3 is 14.2 Å². The molecule has 7 rings (SSSR count). The largest absolute Gasteiger partial charge is 0.453 e. The first-order valence-corrected chi connectivity index (χ1v) is 15.6. The van der Waals surface area contributed by atoms with E-state index < -0.39 is 5.82 Å². The van der Waals surface area contributed by atoms with E-state index in [-0.39, 0.29) is 30.7 Å². The molecule has 2 aliphatic rings. The van der Waals surface area contributed by atoms with Crippen molar-refractivity contribution in [1.29, 1.82) is 0 Å². The SMILES string of the molecule is O=C(Cc1ccc(Oc2ccnc3cc(-c4cn(CCN5CCCC5)cn4)sc23)c(F)c1)N1CCN(c2ccccc2)C1=O. The molecule has 3 amide bonds. The summed E-state index contributed by atoms with van der Waals surface area (Å²) < 4.78 is 24.2. The summed E-state index contributed by atoms with van der Waals surface area (Å²) >= 11 is 1.50. The van der Waals surface area contributed by atoms with Gasteiger partial charge in [-0.1, -0.05) is 24.3 Å². The molecule has 0 N–H and O–H groups in total. The van der Waals surface area contributed by atoms with Crippen LogP contribution in [-0.4, -0.2) is 69.0 Å². The van der Waals surface area contributed by atoms with Crippen LogP contribution in [0.2, 0.25) is 0 Å². The van der Waals surface area contributed by atoms with Crippen molar-refractivity contribution in [1.82, 2.24) is 24.3 Å². The summed E-state index contributed by atoms with van der Waals surface area (Å²) in [4.78, 5) is 41.2. The van der Waals surface area contributed by atoms with Gasteiger partial charge in [-0.15, -0.1) is 11.3 Å². The van der Waals surface area contributed by atoms with E-state index in [1.807, 2.05) is 42.7 Å². The fourth-order valence-corrected chi connectivity index (χ4v) is 6.76. The lowest BCUT2D eigenvalue weighted by Gasteiger charge is -2.17. The van der Waals surface area contributed by atoms with Crippen LogP contribution in [0, 0.1) is 5.82 Å². The van der Waals surface area contributed by atoms with Crippen LogP contribution < -0.4 is 9.64 Å². The monoisotopic (exact) mass is 610 g/mol. The van der Waals surface area contributed by atoms with Crippen LogP contribution in [0.25, 0.3) is 20.8 Å². The molecule has 5 heterocycles. The number of benzene rings is 2. The molecule has 0 atom stereocenters. The molecular formula is C33H31FN6O3S. The van der Waals surface area contributed by atoms with Crippen LogP contribution in [0.1, 0.15) is 18.4 Å². The van der Waals surface area contributed by atoms with E-state index in [0.29, 0.717) is 17.9 Å². The lowest BCUT2D eigenvalue weighted by molar-refractivity contribution is -0.126. The van der Waals surface area contributed by atoms with Crippen molar-refractivity contribution in [3.8, 4) is 22.1 Å². The van der Waals surface area contributed by atoms with Gasteiger partial charge in [0.05, 0.1) is 33.5 Å². The number of likely N-dealkylation sites (tertiary alicyclic amines) is 1. The number of halogens is 1. The standard InChI is InChI=1S/C33H31FN6O3S/c34-25-18-23(19-31(41)40-17-16-39(33(40)42)24-6-2-1-3-7-24)8-9-28(25)43-29-10-11-35-26-20-30(44-32(26)29)27-21-38(22-36-27)15-14-37-12-4-5-13-37/h1-3,6-11,18,20-22H,4-5,12-17,19H2. The summed E-state index contributed by atoms with van der Waals surface area (Å²) in [6, 6.07) is 17.0. The Labute approximate surface area is 258 Å². The number of imide groups is 1. The second kappa shape index (κ2) is 12.2. The van der Waals surface area contributed by atoms with E-state index in [9.17, 15) is 9.59 Å². The van der Waals surface area contributed by atoms with E-state index in [2.05, 4.69) is 25.6 Å². The molecule has 0 spiro atoms. The molecule has 2 fully saturated rings. The van der Waals surface area contributed by atoms with E-state index in [1.165, 1.54) is 54.3 Å². The molecule has 3 aromatic heterocycles. The number of hydrogen-bond acceptors (Lipinski definition) is 7. The topological polar surface area (TPSA) is 83.8 Å². The molecule has 0 radical (unpaired) electrons. The number of carbonyl (C=O) groups excluding carboxylic acids is 2. The maximum atomic E-state index is 15.2. The van der Waals surface area contributed by atoms with Gasteiger partial charge in [0.2, 0.25) is 5.91 Å². The molecule has 2 saturated heterocycles. The van der Waals surface area contributed by atoms with Gasteiger partial charge in [-0.3, -0.25) is 19.6 Å². The maximum Gasteiger partial charge on any atom is 0.331 e. The number of urea groups is 1. The summed E-state index contributed by atoms with van der Waals surface area (Å²) in [5.41, 5.74) is 2.82. The average molecular weight is 611 g/mol. The number of ether oxygens (including phenoxy) is 1. The molecule has 9 nitrogen and oxygen atoms in total. The van der Waals surface area contributed by atoms with Crippen molar-refractivity contribution in [3.63, 3.8) is 0 Å². The molecule has 2 aliphatic heterocycles. The number of carbonyl (C=O) groups is 2. The van der Waals surface area contributed by atoms with Gasteiger partial charge in [-0.2, -0.15) is 0 Å². The Hall–Kier alpha value is -4.61. The number of nitrogens with zero attached hydrogens (tertiary/aromatic N) is 6. The normalized spacial score (nSPS) is 15.5. The number of amides is 3. The van der Waals surface area contributed by atoms with E-state index in [4.69, 9.17) is 4.74 Å². The van der Waals surface area contributed by atoms with Crippen molar-refractivity contribution < 1.29 is 18.7 Å². The van der Waals surface area contributed by atoms with Crippen LogP contribution in [0.4, 0.5) is 14.9 Å². The fourth-order valence-electron chi connectivity index (χ4n) is 5.74. The summed E-state index contributed by atoms with van der Waals surface area (Å²) in [6.07, 6.45) is 8.01. The Balaban J connectivity index is 1.02. The number of thiophene rings is 1. The average Bonchev–Trinajstić information content (AvgIpc) is 3.85. The minimum Gasteiger partial charge on any atom is -0.453 e. The van der Waals surface area contributed by atoms with Crippen LogP contribution in [0.15, 0.2) is 79.4 Å². The lowest BCUT2D eigenvalue weighted by Crippen LogP contribution is -2.37. The molecule has 11 heteroatoms. The highest BCUT2D eigenvalue weighted by Crippen LogP contribution is 2.39. The Morgan fingerprint density at radius 2 is 1.77 bits per heavy atom. The predicted molar refractivity (Wildman–Crippen MR) is 168 cm³/mol. The number of imidazole rings is 1. The van der Waals surface area contributed by atoms with E-state index in [0.717, 1.165) is 39.6 Å². The maximum absolute atomic E-state index is 15.2. The molecule has 0 saturated carbocycles. The van der Waals surface area contributed by atoms with Gasteiger partial charge >= 0.3 is 6.03 Å². The third kappa shape index (κ3) is 5.80. The van der Waals surface area contributed by atoms with Gasteiger partial charge in [0, 0.05) is 50.3 Å². The van der Waals surface area contributed by atoms with Gasteiger partial charge in [0.25, 0.3) is 0 Å². The molecular weight excluding hydrogens is 579 g/mol. The zero-order valence-electron chi connectivity index (χ0n) is 24.1. The quantitative estimate of drug-likeness (QED) is 0.198. The number of anilines is 1. The molecule has 2 aromatic carbocycles. The number of fused-ring (bicyclic) bond motifs is 1. The van der Waals surface area contributed by atoms with Crippen LogP contribution in [-0.2, 0) is 17.8 Å². The highest BCUT2D eigenvalue weighted by atomic mass is 32.1. The van der Waals surface area contributed by atoms with Gasteiger partial charge in [0.1, 0.15) is 5.75 Å². The zero-order chi connectivity index (χ0) is 30.0. The molecule has 44 heavy (non-hydrogen) atoms. The van der Waals surface area contributed by atoms with Crippen LogP contribution in [0.3, 0.4) is 0 Å². The van der Waals surface area contributed by atoms with Gasteiger partial charge in [-0.05, 0) is 61.8 Å². The highest BCUT2D eigenvalue weighted by Gasteiger charge is 2.33. The number of rotatable bonds is 9. The van der Waals surface area contributed by atoms with Crippen molar-refractivity contribution in [2.24, 2.45) is 0 Å². The third-order valence-corrected chi connectivity index (χ3v) is 9.25. The van der Waals surface area contributed by atoms with Gasteiger partial charge in [0.15, 0.2) is 11.6 Å². The minimum absolute atomic E-state index is 0.0438. The first kappa shape index (κ1) is 28.2. The summed E-state index contributed by atoms with van der Waals surface area (Å²) in [6.45, 7) is 4.95. The van der Waals surface area contributed by atoms with Crippen molar-refractivity contribution >= 4 is 39.2 Å². The smallest absolute Gasteiger partial charge is 0.331 e. The van der Waals surface area contributed by atoms with E-state index >= 15 is 4.39 Å². The third-order valence-electron chi connectivity index (χ3n) is 8.08. The van der Waals surface area contributed by atoms with Gasteiger partial charge in [-0.25, -0.2) is 14.2 Å². The molecule has 0 bridgehead atoms. The molecule has 0 unspecified atom stereocenters. The zero-order valence-corrected chi connectivity index (χ0v) is 24.9. The summed E-state index contributed by atoms with van der Waals surface area (Å²) in [7, 11) is 0. The molecule has 224 valence electrons. The van der Waals surface area contributed by atoms with Crippen molar-refractivity contribution in [2.75, 3.05) is 37.6 Å². The van der Waals surface area contributed by atoms with Crippen LogP contribution in [0.5, 0.6) is 11.5 Å². The predicted octanol–water partition coefficient (Wildman–Crippen LogP) is 6.20. The first-order valence-electron chi connectivity index (χ1n) is 14.8. The first-order chi connectivity index (χ1) is 21.5. The number of aromatic nitrogens is 3. The van der Waals surface area contributed by atoms with Crippen molar-refractivity contribution in [2.45, 2.75) is 25.8 Å². The second-order valence-electron chi connectivity index (χ2n) is 11.0. The van der Waals surface area contributed by atoms with Crippen molar-refractivity contribution in [3.05, 3.63) is 90.8 Å². The molecule has 5 aromatic rings. The summed E-state index contributed by atoms with van der Waals surface area (Å²) in [5.74, 6) is -0.428. The lowest BCUT2D eigenvalue weighted by atomic mass is 10.1. The second-order valence-corrected chi connectivity index (χ2v) is 12.1. The molecule has 0 aliphatic carbocycles. The number of para-hydroxylation sites is 1. The van der Waals surface area contributed by atoms with Crippen LogP contribution >= 0.6 is 11.3 Å².